The van der Waals surface area contributed by atoms with Crippen molar-refractivity contribution in [3.63, 3.8) is 0 Å². The maximum atomic E-state index is 5.67. The Balaban J connectivity index is 2.23. The molecule has 1 aromatic carbocycles. The maximum Gasteiger partial charge on any atom is 0.105 e. The van der Waals surface area contributed by atoms with Crippen molar-refractivity contribution in [2.24, 2.45) is 5.84 Å². The smallest absolute Gasteiger partial charge is 0.105 e. The summed E-state index contributed by atoms with van der Waals surface area (Å²) in [6.45, 7) is 6.19. The predicted octanol–water partition coefficient (Wildman–Crippen LogP) is 2.95. The lowest BCUT2D eigenvalue weighted by atomic mass is 9.97. The van der Waals surface area contributed by atoms with Gasteiger partial charge in [-0.25, -0.2) is 0 Å². The van der Waals surface area contributed by atoms with Gasteiger partial charge in [0.2, 0.25) is 0 Å². The van der Waals surface area contributed by atoms with Gasteiger partial charge in [-0.05, 0) is 38.8 Å². The SMILES string of the molecule is Cc1cc(C)cc(CC(NN)c2ccoc2C)c1. The Morgan fingerprint density at radius 2 is 1.83 bits per heavy atom. The fourth-order valence-corrected chi connectivity index (χ4v) is 2.44. The Kier molecular flexibility index (Phi) is 3.84. The van der Waals surface area contributed by atoms with Gasteiger partial charge in [0.25, 0.3) is 0 Å². The summed E-state index contributed by atoms with van der Waals surface area (Å²) in [4.78, 5) is 0. The summed E-state index contributed by atoms with van der Waals surface area (Å²) < 4.78 is 5.34. The van der Waals surface area contributed by atoms with E-state index in [1.165, 1.54) is 16.7 Å². The van der Waals surface area contributed by atoms with Crippen LogP contribution in [0.4, 0.5) is 0 Å². The van der Waals surface area contributed by atoms with Crippen molar-refractivity contribution in [3.05, 3.63) is 58.5 Å². The molecule has 3 nitrogen and oxygen atoms in total. The first-order valence-corrected chi connectivity index (χ1v) is 6.17. The van der Waals surface area contributed by atoms with Crippen LogP contribution in [-0.4, -0.2) is 0 Å². The highest BCUT2D eigenvalue weighted by molar-refractivity contribution is 5.31. The lowest BCUT2D eigenvalue weighted by Crippen LogP contribution is -2.29. The van der Waals surface area contributed by atoms with Gasteiger partial charge in [0.05, 0.1) is 12.3 Å². The topological polar surface area (TPSA) is 51.2 Å². The molecule has 0 saturated heterocycles. The van der Waals surface area contributed by atoms with Gasteiger partial charge in [0.15, 0.2) is 0 Å². The van der Waals surface area contributed by atoms with Gasteiger partial charge < -0.3 is 4.42 Å². The zero-order chi connectivity index (χ0) is 13.1. The number of aryl methyl sites for hydroxylation is 3. The van der Waals surface area contributed by atoms with Crippen molar-refractivity contribution in [1.29, 1.82) is 0 Å². The highest BCUT2D eigenvalue weighted by Crippen LogP contribution is 2.23. The summed E-state index contributed by atoms with van der Waals surface area (Å²) in [6, 6.07) is 8.64. The quantitative estimate of drug-likeness (QED) is 0.642. The minimum absolute atomic E-state index is 0.0879. The molecule has 0 fully saturated rings. The number of hydrogen-bond donors (Lipinski definition) is 2. The largest absolute Gasteiger partial charge is 0.469 e. The van der Waals surface area contributed by atoms with E-state index >= 15 is 0 Å². The van der Waals surface area contributed by atoms with Crippen molar-refractivity contribution < 1.29 is 4.42 Å². The van der Waals surface area contributed by atoms with Crippen LogP contribution < -0.4 is 11.3 Å². The maximum absolute atomic E-state index is 5.67. The number of rotatable bonds is 4. The molecule has 3 heteroatoms. The standard InChI is InChI=1S/C15H20N2O/c1-10-6-11(2)8-13(7-10)9-15(17-16)14-4-5-18-12(14)3/h4-8,15,17H,9,16H2,1-3H3. The second kappa shape index (κ2) is 5.38. The third-order valence-electron chi connectivity index (χ3n) is 3.20. The fourth-order valence-electron chi connectivity index (χ4n) is 2.44. The molecule has 0 aliphatic heterocycles. The van der Waals surface area contributed by atoms with E-state index in [-0.39, 0.29) is 6.04 Å². The van der Waals surface area contributed by atoms with E-state index in [1.807, 2.05) is 13.0 Å². The summed E-state index contributed by atoms with van der Waals surface area (Å²) >= 11 is 0. The van der Waals surface area contributed by atoms with E-state index in [0.29, 0.717) is 0 Å². The lowest BCUT2D eigenvalue weighted by Gasteiger charge is -2.16. The van der Waals surface area contributed by atoms with Crippen LogP contribution in [0.1, 0.15) is 34.1 Å². The van der Waals surface area contributed by atoms with Crippen molar-refractivity contribution in [2.75, 3.05) is 0 Å². The van der Waals surface area contributed by atoms with Gasteiger partial charge in [-0.1, -0.05) is 29.3 Å². The summed E-state index contributed by atoms with van der Waals surface area (Å²) in [5.74, 6) is 6.58. The van der Waals surface area contributed by atoms with Gasteiger partial charge >= 0.3 is 0 Å². The van der Waals surface area contributed by atoms with Crippen LogP contribution in [-0.2, 0) is 6.42 Å². The molecule has 96 valence electrons. The zero-order valence-electron chi connectivity index (χ0n) is 11.2. The minimum atomic E-state index is 0.0879. The molecule has 0 aliphatic carbocycles. The molecule has 1 heterocycles. The molecule has 18 heavy (non-hydrogen) atoms. The minimum Gasteiger partial charge on any atom is -0.469 e. The van der Waals surface area contributed by atoms with Gasteiger partial charge in [-0.3, -0.25) is 11.3 Å². The van der Waals surface area contributed by atoms with Gasteiger partial charge in [0, 0.05) is 5.56 Å². The van der Waals surface area contributed by atoms with Crippen LogP contribution in [0.5, 0.6) is 0 Å². The van der Waals surface area contributed by atoms with Crippen LogP contribution in [0.2, 0.25) is 0 Å². The fraction of sp³-hybridized carbons (Fsp3) is 0.333. The van der Waals surface area contributed by atoms with Gasteiger partial charge in [0.1, 0.15) is 5.76 Å². The molecular weight excluding hydrogens is 224 g/mol. The van der Waals surface area contributed by atoms with Crippen LogP contribution in [0.15, 0.2) is 34.9 Å². The van der Waals surface area contributed by atoms with Gasteiger partial charge in [-0.2, -0.15) is 0 Å². The molecule has 3 N–H and O–H groups in total. The second-order valence-corrected chi connectivity index (χ2v) is 4.85. The summed E-state index contributed by atoms with van der Waals surface area (Å²) in [5.41, 5.74) is 7.85. The Bertz CT molecular complexity index is 511. The molecule has 2 rings (SSSR count). The van der Waals surface area contributed by atoms with Crippen LogP contribution >= 0.6 is 0 Å². The Labute approximate surface area is 108 Å². The zero-order valence-corrected chi connectivity index (χ0v) is 11.2. The number of nitrogens with one attached hydrogen (secondary N) is 1. The molecule has 0 amide bonds. The number of hydrazine groups is 1. The molecule has 0 bridgehead atoms. The van der Waals surface area contributed by atoms with E-state index in [2.05, 4.69) is 37.5 Å². The van der Waals surface area contributed by atoms with Crippen molar-refractivity contribution in [3.8, 4) is 0 Å². The number of furan rings is 1. The van der Waals surface area contributed by atoms with E-state index in [9.17, 15) is 0 Å². The molecule has 1 unspecified atom stereocenters. The number of benzene rings is 1. The number of nitrogens with two attached hydrogens (primary N) is 1. The van der Waals surface area contributed by atoms with Gasteiger partial charge in [-0.15, -0.1) is 0 Å². The van der Waals surface area contributed by atoms with E-state index in [1.54, 1.807) is 6.26 Å². The van der Waals surface area contributed by atoms with Crippen molar-refractivity contribution in [1.82, 2.24) is 5.43 Å². The Morgan fingerprint density at radius 3 is 2.33 bits per heavy atom. The molecule has 2 aromatic rings. The average Bonchev–Trinajstić information content (AvgIpc) is 2.71. The summed E-state index contributed by atoms with van der Waals surface area (Å²) in [5, 5.41) is 0. The predicted molar refractivity (Wildman–Crippen MR) is 73.1 cm³/mol. The highest BCUT2D eigenvalue weighted by atomic mass is 16.3. The molecule has 0 spiro atoms. The first-order valence-electron chi connectivity index (χ1n) is 6.17. The van der Waals surface area contributed by atoms with Crippen molar-refractivity contribution in [2.45, 2.75) is 33.2 Å². The third-order valence-corrected chi connectivity index (χ3v) is 3.20. The summed E-state index contributed by atoms with van der Waals surface area (Å²) in [6.07, 6.45) is 2.57. The van der Waals surface area contributed by atoms with Crippen molar-refractivity contribution >= 4 is 0 Å². The Hall–Kier alpha value is -1.58. The molecule has 1 atom stereocenters. The lowest BCUT2D eigenvalue weighted by molar-refractivity contribution is 0.502. The molecule has 0 aliphatic rings. The first kappa shape index (κ1) is 12.9. The first-order chi connectivity index (χ1) is 8.60. The Morgan fingerprint density at radius 1 is 1.17 bits per heavy atom. The van der Waals surface area contributed by atoms with Crippen LogP contribution in [0.25, 0.3) is 0 Å². The van der Waals surface area contributed by atoms with Crippen LogP contribution in [0, 0.1) is 20.8 Å². The van der Waals surface area contributed by atoms with E-state index in [0.717, 1.165) is 17.7 Å². The average molecular weight is 244 g/mol. The van der Waals surface area contributed by atoms with E-state index < -0.39 is 0 Å². The number of hydrogen-bond acceptors (Lipinski definition) is 3. The normalized spacial score (nSPS) is 12.7. The molecule has 1 aromatic heterocycles. The second-order valence-electron chi connectivity index (χ2n) is 4.85. The third kappa shape index (κ3) is 2.81. The monoisotopic (exact) mass is 244 g/mol. The molecular formula is C15H20N2O. The van der Waals surface area contributed by atoms with Crippen LogP contribution in [0.3, 0.4) is 0 Å². The highest BCUT2D eigenvalue weighted by Gasteiger charge is 2.15. The molecule has 0 saturated carbocycles. The molecule has 0 radical (unpaired) electrons. The van der Waals surface area contributed by atoms with E-state index in [4.69, 9.17) is 10.3 Å². The summed E-state index contributed by atoms with van der Waals surface area (Å²) in [7, 11) is 0.